The number of benzene rings is 2. The smallest absolute Gasteiger partial charge is 0.308 e. The molecule has 0 aliphatic heterocycles. The Morgan fingerprint density at radius 1 is 1.07 bits per heavy atom. The number of aromatic nitrogens is 2. The van der Waals surface area contributed by atoms with E-state index < -0.39 is 24.1 Å². The molecule has 0 radical (unpaired) electrons. The van der Waals surface area contributed by atoms with Crippen LogP contribution < -0.4 is 5.56 Å². The number of aryl methyl sites for hydroxylation is 3. The maximum Gasteiger partial charge on any atom is 0.389 e. The summed E-state index contributed by atoms with van der Waals surface area (Å²) < 4.78 is 41.1. The van der Waals surface area contributed by atoms with Crippen LogP contribution in [0.3, 0.4) is 0 Å². The molecule has 6 heteroatoms. The van der Waals surface area contributed by atoms with Crippen molar-refractivity contribution in [1.82, 2.24) is 9.55 Å². The fraction of sp³-hybridized carbons (Fsp3) is 0.333. The molecule has 1 unspecified atom stereocenters. The maximum absolute atomic E-state index is 13.2. The topological polar surface area (TPSA) is 34.9 Å². The van der Waals surface area contributed by atoms with Gasteiger partial charge in [0.15, 0.2) is 0 Å². The summed E-state index contributed by atoms with van der Waals surface area (Å²) in [6, 6.07) is 12.6. The number of nitrogens with zero attached hydrogens (tertiary/aromatic N) is 2. The second-order valence-corrected chi connectivity index (χ2v) is 6.99. The van der Waals surface area contributed by atoms with Gasteiger partial charge in [0.2, 0.25) is 0 Å². The van der Waals surface area contributed by atoms with Crippen molar-refractivity contribution in [1.29, 1.82) is 0 Å². The molecule has 0 amide bonds. The standard InChI is InChI=1S/C21H21F3N2O/c1-13-9-17-18(10-14(13)2)26(3)20(27)19(25-17)16(12-21(22,23)24)11-15-7-5-4-6-8-15/h4-10,16H,11-12H2,1-3H3. The van der Waals surface area contributed by atoms with Gasteiger partial charge in [-0.1, -0.05) is 30.3 Å². The fourth-order valence-corrected chi connectivity index (χ4v) is 3.31. The van der Waals surface area contributed by atoms with Gasteiger partial charge in [0.1, 0.15) is 5.69 Å². The minimum Gasteiger partial charge on any atom is -0.308 e. The van der Waals surface area contributed by atoms with Crippen LogP contribution in [-0.2, 0) is 13.5 Å². The van der Waals surface area contributed by atoms with E-state index in [1.54, 1.807) is 37.4 Å². The summed E-state index contributed by atoms with van der Waals surface area (Å²) in [7, 11) is 1.58. The van der Waals surface area contributed by atoms with Crippen LogP contribution in [-0.4, -0.2) is 15.7 Å². The Kier molecular flexibility index (Phi) is 5.09. The molecule has 3 nitrogen and oxygen atoms in total. The molecule has 1 heterocycles. The molecule has 0 aliphatic carbocycles. The molecule has 142 valence electrons. The van der Waals surface area contributed by atoms with Gasteiger partial charge in [-0.3, -0.25) is 4.79 Å². The second kappa shape index (κ2) is 7.18. The number of halogens is 3. The van der Waals surface area contributed by atoms with Gasteiger partial charge in [-0.2, -0.15) is 13.2 Å². The van der Waals surface area contributed by atoms with Crippen molar-refractivity contribution in [2.75, 3.05) is 0 Å². The molecular weight excluding hydrogens is 353 g/mol. The lowest BCUT2D eigenvalue weighted by atomic mass is 9.92. The minimum absolute atomic E-state index is 0.0329. The van der Waals surface area contributed by atoms with E-state index in [1.807, 2.05) is 26.0 Å². The fourth-order valence-electron chi connectivity index (χ4n) is 3.31. The molecular formula is C21H21F3N2O. The van der Waals surface area contributed by atoms with E-state index in [-0.39, 0.29) is 12.1 Å². The largest absolute Gasteiger partial charge is 0.389 e. The van der Waals surface area contributed by atoms with Gasteiger partial charge in [0.25, 0.3) is 5.56 Å². The van der Waals surface area contributed by atoms with Crippen LogP contribution in [0.4, 0.5) is 13.2 Å². The van der Waals surface area contributed by atoms with Crippen LogP contribution in [0.25, 0.3) is 11.0 Å². The maximum atomic E-state index is 13.2. The van der Waals surface area contributed by atoms with Crippen molar-refractivity contribution < 1.29 is 13.2 Å². The van der Waals surface area contributed by atoms with Crippen molar-refractivity contribution in [2.24, 2.45) is 7.05 Å². The zero-order valence-electron chi connectivity index (χ0n) is 15.5. The first-order valence-electron chi connectivity index (χ1n) is 8.74. The van der Waals surface area contributed by atoms with Crippen molar-refractivity contribution >= 4 is 11.0 Å². The third kappa shape index (κ3) is 4.21. The molecule has 0 saturated heterocycles. The molecule has 1 atom stereocenters. The molecule has 0 aliphatic rings. The number of fused-ring (bicyclic) bond motifs is 1. The van der Waals surface area contributed by atoms with E-state index in [2.05, 4.69) is 4.98 Å². The molecule has 1 aromatic heterocycles. The van der Waals surface area contributed by atoms with Crippen molar-refractivity contribution in [3.8, 4) is 0 Å². The first-order valence-corrected chi connectivity index (χ1v) is 8.74. The average molecular weight is 374 g/mol. The number of hydrogen-bond acceptors (Lipinski definition) is 2. The van der Waals surface area contributed by atoms with E-state index in [9.17, 15) is 18.0 Å². The highest BCUT2D eigenvalue weighted by Crippen LogP contribution is 2.32. The number of alkyl halides is 3. The third-order valence-corrected chi connectivity index (χ3v) is 4.91. The highest BCUT2D eigenvalue weighted by atomic mass is 19.4. The Morgan fingerprint density at radius 3 is 2.33 bits per heavy atom. The molecule has 2 aromatic carbocycles. The van der Waals surface area contributed by atoms with Gasteiger partial charge in [0.05, 0.1) is 17.5 Å². The minimum atomic E-state index is -4.38. The van der Waals surface area contributed by atoms with Crippen LogP contribution in [0.5, 0.6) is 0 Å². The van der Waals surface area contributed by atoms with Crippen LogP contribution in [0, 0.1) is 13.8 Å². The quantitative estimate of drug-likeness (QED) is 0.656. The summed E-state index contributed by atoms with van der Waals surface area (Å²) in [6.07, 6.45) is -5.36. The van der Waals surface area contributed by atoms with Crippen molar-refractivity contribution in [3.05, 3.63) is 75.2 Å². The predicted molar refractivity (Wildman–Crippen MR) is 100 cm³/mol. The van der Waals surface area contributed by atoms with Crippen molar-refractivity contribution in [2.45, 2.75) is 38.8 Å². The summed E-state index contributed by atoms with van der Waals surface area (Å²) in [5, 5.41) is 0. The molecule has 0 N–H and O–H groups in total. The molecule has 0 saturated carbocycles. The second-order valence-electron chi connectivity index (χ2n) is 6.99. The van der Waals surface area contributed by atoms with Gasteiger partial charge in [0, 0.05) is 13.0 Å². The molecule has 3 aromatic rings. The Balaban J connectivity index is 2.15. The third-order valence-electron chi connectivity index (χ3n) is 4.91. The molecule has 0 spiro atoms. The van der Waals surface area contributed by atoms with Crippen molar-refractivity contribution in [3.63, 3.8) is 0 Å². The lowest BCUT2D eigenvalue weighted by Crippen LogP contribution is -2.28. The first kappa shape index (κ1) is 19.1. The van der Waals surface area contributed by atoms with Gasteiger partial charge >= 0.3 is 6.18 Å². The lowest BCUT2D eigenvalue weighted by molar-refractivity contribution is -0.139. The van der Waals surface area contributed by atoms with Crippen LogP contribution >= 0.6 is 0 Å². The van der Waals surface area contributed by atoms with Gasteiger partial charge in [-0.05, 0) is 49.1 Å². The van der Waals surface area contributed by atoms with E-state index in [0.29, 0.717) is 11.0 Å². The van der Waals surface area contributed by atoms with E-state index >= 15 is 0 Å². The molecule has 27 heavy (non-hydrogen) atoms. The zero-order chi connectivity index (χ0) is 19.8. The number of rotatable bonds is 4. The van der Waals surface area contributed by atoms with E-state index in [1.165, 1.54) is 4.57 Å². The van der Waals surface area contributed by atoms with E-state index in [4.69, 9.17) is 0 Å². The Labute approximate surface area is 155 Å². The van der Waals surface area contributed by atoms with Crippen LogP contribution in [0.15, 0.2) is 47.3 Å². The summed E-state index contributed by atoms with van der Waals surface area (Å²) in [5.41, 5.74) is 3.38. The van der Waals surface area contributed by atoms with Gasteiger partial charge < -0.3 is 4.57 Å². The predicted octanol–water partition coefficient (Wildman–Crippen LogP) is 4.83. The van der Waals surface area contributed by atoms with Gasteiger partial charge in [-0.25, -0.2) is 4.98 Å². The Bertz CT molecular complexity index is 1020. The zero-order valence-corrected chi connectivity index (χ0v) is 15.5. The SMILES string of the molecule is Cc1cc2nc(C(Cc3ccccc3)CC(F)(F)F)c(=O)n(C)c2cc1C. The van der Waals surface area contributed by atoms with E-state index in [0.717, 1.165) is 16.7 Å². The Morgan fingerprint density at radius 2 is 1.70 bits per heavy atom. The highest BCUT2D eigenvalue weighted by Gasteiger charge is 2.35. The average Bonchev–Trinajstić information content (AvgIpc) is 2.59. The highest BCUT2D eigenvalue weighted by molar-refractivity contribution is 5.77. The first-order chi connectivity index (χ1) is 12.7. The van der Waals surface area contributed by atoms with Crippen LogP contribution in [0.1, 0.15) is 34.7 Å². The summed E-state index contributed by atoms with van der Waals surface area (Å²) in [6.45, 7) is 3.84. The summed E-state index contributed by atoms with van der Waals surface area (Å²) in [5.74, 6) is -1.03. The molecule has 0 fully saturated rings. The number of hydrogen-bond donors (Lipinski definition) is 0. The monoisotopic (exact) mass is 374 g/mol. The molecule has 3 rings (SSSR count). The van der Waals surface area contributed by atoms with Crippen LogP contribution in [0.2, 0.25) is 0 Å². The lowest BCUT2D eigenvalue weighted by Gasteiger charge is -2.20. The van der Waals surface area contributed by atoms with Gasteiger partial charge in [-0.15, -0.1) is 0 Å². The Hall–Kier alpha value is -2.63. The summed E-state index contributed by atoms with van der Waals surface area (Å²) >= 11 is 0. The summed E-state index contributed by atoms with van der Waals surface area (Å²) in [4.78, 5) is 17.2. The molecule has 0 bridgehead atoms. The normalized spacial score (nSPS) is 13.1.